The molecule has 2 atom stereocenters. The van der Waals surface area contributed by atoms with Crippen molar-refractivity contribution in [3.63, 3.8) is 0 Å². The molecule has 1 aliphatic heterocycles. The van der Waals surface area contributed by atoms with E-state index in [1.807, 2.05) is 66.7 Å². The Morgan fingerprint density at radius 3 is 2.59 bits per heavy atom. The number of hydrogen-bond acceptors (Lipinski definition) is 5. The first-order valence-corrected chi connectivity index (χ1v) is 11.0. The number of carboxylic acid groups (broad SMARTS) is 1. The molecule has 0 bridgehead atoms. The lowest BCUT2D eigenvalue weighted by molar-refractivity contribution is -0.137. The van der Waals surface area contributed by atoms with Crippen LogP contribution in [0.3, 0.4) is 0 Å². The van der Waals surface area contributed by atoms with E-state index in [-0.39, 0.29) is 18.4 Å². The Kier molecular flexibility index (Phi) is 7.24. The molecule has 0 radical (unpaired) electrons. The van der Waals surface area contributed by atoms with Gasteiger partial charge in [0.2, 0.25) is 0 Å². The van der Waals surface area contributed by atoms with E-state index in [2.05, 4.69) is 11.8 Å². The second-order valence-corrected chi connectivity index (χ2v) is 7.87. The van der Waals surface area contributed by atoms with Crippen LogP contribution >= 0.6 is 0 Å². The van der Waals surface area contributed by atoms with Gasteiger partial charge < -0.3 is 24.1 Å². The van der Waals surface area contributed by atoms with E-state index in [9.17, 15) is 4.79 Å². The lowest BCUT2D eigenvalue weighted by Gasteiger charge is -2.27. The molecule has 174 valence electrons. The van der Waals surface area contributed by atoms with Crippen molar-refractivity contribution in [3.05, 3.63) is 72.3 Å². The zero-order chi connectivity index (χ0) is 23.9. The van der Waals surface area contributed by atoms with Crippen LogP contribution in [-0.2, 0) is 4.79 Å². The van der Waals surface area contributed by atoms with Crippen molar-refractivity contribution in [1.82, 2.24) is 0 Å². The maximum Gasteiger partial charge on any atom is 0.304 e. The molecule has 0 saturated heterocycles. The smallest absolute Gasteiger partial charge is 0.304 e. The average Bonchev–Trinajstić information content (AvgIpc) is 2.87. The number of aliphatic carboxylic acids is 1. The van der Waals surface area contributed by atoms with E-state index in [4.69, 9.17) is 24.1 Å². The number of fused-ring (bicyclic) bond motifs is 1. The van der Waals surface area contributed by atoms with Gasteiger partial charge in [0.15, 0.2) is 17.6 Å². The highest BCUT2D eigenvalue weighted by atomic mass is 16.6. The lowest BCUT2D eigenvalue weighted by atomic mass is 9.96. The Morgan fingerprint density at radius 1 is 1.06 bits per heavy atom. The summed E-state index contributed by atoms with van der Waals surface area (Å²) >= 11 is 0. The minimum absolute atomic E-state index is 0.0363. The molecule has 4 rings (SSSR count). The van der Waals surface area contributed by atoms with Crippen molar-refractivity contribution in [2.75, 3.05) is 20.3 Å². The third-order valence-corrected chi connectivity index (χ3v) is 5.48. The van der Waals surface area contributed by atoms with Crippen LogP contribution in [0.4, 0.5) is 0 Å². The molecule has 34 heavy (non-hydrogen) atoms. The Hall–Kier alpha value is -4.11. The molecular weight excluding hydrogens is 432 g/mol. The molecule has 0 amide bonds. The summed E-state index contributed by atoms with van der Waals surface area (Å²) in [5.41, 5.74) is 2.88. The summed E-state index contributed by atoms with van der Waals surface area (Å²) in [6, 6.07) is 21.1. The van der Waals surface area contributed by atoms with Crippen LogP contribution in [0.25, 0.3) is 11.1 Å². The topological polar surface area (TPSA) is 74.2 Å². The summed E-state index contributed by atoms with van der Waals surface area (Å²) in [4.78, 5) is 11.1. The fourth-order valence-electron chi connectivity index (χ4n) is 3.77. The van der Waals surface area contributed by atoms with Crippen LogP contribution in [0.15, 0.2) is 66.7 Å². The van der Waals surface area contributed by atoms with Crippen molar-refractivity contribution >= 4 is 5.97 Å². The van der Waals surface area contributed by atoms with E-state index >= 15 is 0 Å². The molecule has 6 nitrogen and oxygen atoms in total. The largest absolute Gasteiger partial charge is 0.497 e. The van der Waals surface area contributed by atoms with Gasteiger partial charge in [-0.05, 0) is 60.0 Å². The standard InChI is InChI=1S/C28H26O6/c1-3-5-20(16-28(29)30)19-8-11-23(12-9-19)32-17-25-18-33-26-13-10-22(15-27(26)34-25)21-6-4-7-24(14-21)31-2/h4,6-15,20,25H,16-18H2,1-2H3,(H,29,30)/t20-,25-/m0/s1. The molecule has 1 aliphatic rings. The lowest BCUT2D eigenvalue weighted by Crippen LogP contribution is -2.34. The molecule has 0 aliphatic carbocycles. The predicted molar refractivity (Wildman–Crippen MR) is 129 cm³/mol. The molecular formula is C28H26O6. The SMILES string of the molecule is CC#C[C@@H](CC(=O)O)c1ccc(OC[C@H]2COc3ccc(-c4cccc(OC)c4)cc3O2)cc1. The Morgan fingerprint density at radius 2 is 1.85 bits per heavy atom. The molecule has 0 aromatic heterocycles. The van der Waals surface area contributed by atoms with Crippen molar-refractivity contribution in [2.45, 2.75) is 25.4 Å². The first-order chi connectivity index (χ1) is 16.6. The van der Waals surface area contributed by atoms with Crippen molar-refractivity contribution in [2.24, 2.45) is 0 Å². The van der Waals surface area contributed by atoms with Crippen LogP contribution in [0.1, 0.15) is 24.8 Å². The van der Waals surface area contributed by atoms with Crippen molar-refractivity contribution in [1.29, 1.82) is 0 Å². The molecule has 3 aromatic rings. The fourth-order valence-corrected chi connectivity index (χ4v) is 3.77. The molecule has 0 spiro atoms. The second-order valence-electron chi connectivity index (χ2n) is 7.87. The van der Waals surface area contributed by atoms with Gasteiger partial charge in [0.05, 0.1) is 19.4 Å². The van der Waals surface area contributed by atoms with E-state index in [0.717, 1.165) is 22.4 Å². The zero-order valence-corrected chi connectivity index (χ0v) is 19.1. The number of hydrogen-bond donors (Lipinski definition) is 1. The highest BCUT2D eigenvalue weighted by molar-refractivity contribution is 5.69. The maximum absolute atomic E-state index is 11.1. The summed E-state index contributed by atoms with van der Waals surface area (Å²) in [5.74, 6) is 7.36. The molecule has 0 fully saturated rings. The summed E-state index contributed by atoms with van der Waals surface area (Å²) < 4.78 is 23.3. The third kappa shape index (κ3) is 5.62. The second kappa shape index (κ2) is 10.7. The fraction of sp³-hybridized carbons (Fsp3) is 0.250. The van der Waals surface area contributed by atoms with Gasteiger partial charge in [-0.15, -0.1) is 5.92 Å². The Labute approximate surface area is 199 Å². The highest BCUT2D eigenvalue weighted by Gasteiger charge is 2.22. The number of rotatable bonds is 8. The Bertz CT molecular complexity index is 1210. The van der Waals surface area contributed by atoms with Crippen LogP contribution in [0.5, 0.6) is 23.0 Å². The molecule has 3 aromatic carbocycles. The maximum atomic E-state index is 11.1. The molecule has 6 heteroatoms. The normalized spacial score (nSPS) is 14.9. The first-order valence-electron chi connectivity index (χ1n) is 11.0. The van der Waals surface area contributed by atoms with Gasteiger partial charge in [0.1, 0.15) is 24.7 Å². The van der Waals surface area contributed by atoms with Crippen LogP contribution in [0.2, 0.25) is 0 Å². The molecule has 0 saturated carbocycles. The zero-order valence-electron chi connectivity index (χ0n) is 19.1. The minimum Gasteiger partial charge on any atom is -0.497 e. The van der Waals surface area contributed by atoms with Gasteiger partial charge in [-0.25, -0.2) is 0 Å². The number of carbonyl (C=O) groups is 1. The first kappa shape index (κ1) is 23.1. The van der Waals surface area contributed by atoms with E-state index in [0.29, 0.717) is 30.5 Å². The molecule has 1 N–H and O–H groups in total. The molecule has 1 heterocycles. The summed E-state index contributed by atoms with van der Waals surface area (Å²) in [7, 11) is 1.65. The highest BCUT2D eigenvalue weighted by Crippen LogP contribution is 2.36. The number of methoxy groups -OCH3 is 1. The van der Waals surface area contributed by atoms with E-state index in [1.54, 1.807) is 14.0 Å². The van der Waals surface area contributed by atoms with Crippen LogP contribution < -0.4 is 18.9 Å². The quantitative estimate of drug-likeness (QED) is 0.470. The van der Waals surface area contributed by atoms with E-state index in [1.165, 1.54) is 0 Å². The van der Waals surface area contributed by atoms with Crippen molar-refractivity contribution in [3.8, 4) is 46.0 Å². The van der Waals surface area contributed by atoms with Gasteiger partial charge in [-0.2, -0.15) is 0 Å². The number of benzene rings is 3. The average molecular weight is 459 g/mol. The Balaban J connectivity index is 1.39. The van der Waals surface area contributed by atoms with Gasteiger partial charge in [0, 0.05) is 0 Å². The van der Waals surface area contributed by atoms with Crippen LogP contribution in [-0.4, -0.2) is 37.5 Å². The minimum atomic E-state index is -0.877. The number of ether oxygens (including phenoxy) is 4. The van der Waals surface area contributed by atoms with Crippen molar-refractivity contribution < 1.29 is 28.8 Å². The monoisotopic (exact) mass is 458 g/mol. The molecule has 0 unspecified atom stereocenters. The number of carboxylic acids is 1. The summed E-state index contributed by atoms with van der Waals surface area (Å²) in [5, 5.41) is 9.11. The summed E-state index contributed by atoms with van der Waals surface area (Å²) in [6.07, 6.45) is -0.302. The third-order valence-electron chi connectivity index (χ3n) is 5.48. The van der Waals surface area contributed by atoms with E-state index < -0.39 is 5.97 Å². The van der Waals surface area contributed by atoms with Gasteiger partial charge in [-0.3, -0.25) is 4.79 Å². The van der Waals surface area contributed by atoms with Crippen LogP contribution in [0, 0.1) is 11.8 Å². The van der Waals surface area contributed by atoms with Gasteiger partial charge in [-0.1, -0.05) is 36.3 Å². The summed E-state index contributed by atoms with van der Waals surface area (Å²) in [6.45, 7) is 2.40. The predicted octanol–water partition coefficient (Wildman–Crippen LogP) is 5.16. The van der Waals surface area contributed by atoms with Gasteiger partial charge >= 0.3 is 5.97 Å². The van der Waals surface area contributed by atoms with Gasteiger partial charge in [0.25, 0.3) is 0 Å².